The van der Waals surface area contributed by atoms with Gasteiger partial charge in [-0.1, -0.05) is 19.8 Å². The van der Waals surface area contributed by atoms with Gasteiger partial charge in [0, 0.05) is 13.2 Å². The van der Waals surface area contributed by atoms with Gasteiger partial charge in [0.2, 0.25) is 0 Å². The van der Waals surface area contributed by atoms with Crippen LogP contribution < -0.4 is 0 Å². The SMILES string of the molecule is CCCCCO.CCOC(C)O. The van der Waals surface area contributed by atoms with Gasteiger partial charge in [0.25, 0.3) is 0 Å². The van der Waals surface area contributed by atoms with E-state index in [-0.39, 0.29) is 0 Å². The van der Waals surface area contributed by atoms with E-state index in [9.17, 15) is 0 Å². The highest BCUT2D eigenvalue weighted by atomic mass is 16.6. The summed E-state index contributed by atoms with van der Waals surface area (Å²) in [6.07, 6.45) is 2.73. The van der Waals surface area contributed by atoms with Crippen molar-refractivity contribution in [3.63, 3.8) is 0 Å². The number of aliphatic hydroxyl groups excluding tert-OH is 2. The Morgan fingerprint density at radius 1 is 1.25 bits per heavy atom. The Bertz CT molecular complexity index is 60.8. The van der Waals surface area contributed by atoms with Crippen molar-refractivity contribution >= 4 is 0 Å². The van der Waals surface area contributed by atoms with E-state index >= 15 is 0 Å². The predicted molar refractivity (Wildman–Crippen MR) is 49.9 cm³/mol. The van der Waals surface area contributed by atoms with Gasteiger partial charge in [0.15, 0.2) is 6.29 Å². The van der Waals surface area contributed by atoms with E-state index in [0.717, 1.165) is 12.8 Å². The molecule has 0 amide bonds. The van der Waals surface area contributed by atoms with Crippen molar-refractivity contribution < 1.29 is 14.9 Å². The van der Waals surface area contributed by atoms with Gasteiger partial charge in [-0.15, -0.1) is 0 Å². The summed E-state index contributed by atoms with van der Waals surface area (Å²) in [4.78, 5) is 0. The van der Waals surface area contributed by atoms with E-state index < -0.39 is 6.29 Å². The summed E-state index contributed by atoms with van der Waals surface area (Å²) in [7, 11) is 0. The quantitative estimate of drug-likeness (QED) is 0.496. The average Bonchev–Trinajstić information content (AvgIpc) is 2.02. The molecule has 0 aromatic carbocycles. The second-order valence-corrected chi connectivity index (χ2v) is 2.49. The molecule has 3 nitrogen and oxygen atoms in total. The van der Waals surface area contributed by atoms with E-state index in [0.29, 0.717) is 13.2 Å². The molecule has 1 atom stereocenters. The van der Waals surface area contributed by atoms with Crippen molar-refractivity contribution in [1.29, 1.82) is 0 Å². The largest absolute Gasteiger partial charge is 0.396 e. The first-order valence-electron chi connectivity index (χ1n) is 4.59. The fourth-order valence-electron chi connectivity index (χ4n) is 0.603. The summed E-state index contributed by atoms with van der Waals surface area (Å²) in [6, 6.07) is 0. The van der Waals surface area contributed by atoms with Crippen LogP contribution in [0.5, 0.6) is 0 Å². The lowest BCUT2D eigenvalue weighted by atomic mass is 10.3. The zero-order valence-corrected chi connectivity index (χ0v) is 8.42. The molecule has 12 heavy (non-hydrogen) atoms. The Morgan fingerprint density at radius 2 is 1.83 bits per heavy atom. The number of unbranched alkanes of at least 4 members (excludes halogenated alkanes) is 2. The molecule has 3 heteroatoms. The molecule has 0 rings (SSSR count). The molecule has 0 aromatic rings. The van der Waals surface area contributed by atoms with Crippen molar-refractivity contribution in [3.8, 4) is 0 Å². The first kappa shape index (κ1) is 14.4. The number of aliphatic hydroxyl groups is 2. The van der Waals surface area contributed by atoms with Crippen molar-refractivity contribution in [1.82, 2.24) is 0 Å². The van der Waals surface area contributed by atoms with Gasteiger partial charge in [-0.2, -0.15) is 0 Å². The Balaban J connectivity index is 0. The van der Waals surface area contributed by atoms with Crippen molar-refractivity contribution in [2.24, 2.45) is 0 Å². The third kappa shape index (κ3) is 22.5. The van der Waals surface area contributed by atoms with Gasteiger partial charge in [-0.05, 0) is 20.3 Å². The van der Waals surface area contributed by atoms with Crippen molar-refractivity contribution in [2.45, 2.75) is 46.3 Å². The van der Waals surface area contributed by atoms with Crippen LogP contribution in [0.4, 0.5) is 0 Å². The molecule has 0 saturated carbocycles. The maximum Gasteiger partial charge on any atom is 0.151 e. The minimum absolute atomic E-state index is 0.355. The summed E-state index contributed by atoms with van der Waals surface area (Å²) < 4.78 is 4.60. The van der Waals surface area contributed by atoms with Crippen molar-refractivity contribution in [2.75, 3.05) is 13.2 Å². The number of hydrogen-bond donors (Lipinski definition) is 2. The van der Waals surface area contributed by atoms with E-state index in [2.05, 4.69) is 11.7 Å². The lowest BCUT2D eigenvalue weighted by Crippen LogP contribution is -2.04. The molecular weight excluding hydrogens is 156 g/mol. The molecule has 0 heterocycles. The van der Waals surface area contributed by atoms with Crippen LogP contribution in [0.3, 0.4) is 0 Å². The molecule has 76 valence electrons. The van der Waals surface area contributed by atoms with Crippen LogP contribution in [0.15, 0.2) is 0 Å². The van der Waals surface area contributed by atoms with E-state index in [1.165, 1.54) is 6.42 Å². The zero-order chi connectivity index (χ0) is 9.82. The highest BCUT2D eigenvalue weighted by molar-refractivity contribution is 4.30. The fourth-order valence-corrected chi connectivity index (χ4v) is 0.603. The molecule has 0 aliphatic carbocycles. The van der Waals surface area contributed by atoms with Gasteiger partial charge >= 0.3 is 0 Å². The maximum atomic E-state index is 8.33. The van der Waals surface area contributed by atoms with Crippen LogP contribution >= 0.6 is 0 Å². The molecule has 0 aromatic heterocycles. The van der Waals surface area contributed by atoms with E-state index in [4.69, 9.17) is 10.2 Å². The number of ether oxygens (including phenoxy) is 1. The predicted octanol–water partition coefficient (Wildman–Crippen LogP) is 1.53. The van der Waals surface area contributed by atoms with Gasteiger partial charge in [0.1, 0.15) is 0 Å². The molecule has 0 bridgehead atoms. The minimum atomic E-state index is -0.602. The van der Waals surface area contributed by atoms with Crippen LogP contribution in [0.25, 0.3) is 0 Å². The summed E-state index contributed by atoms with van der Waals surface area (Å²) in [5.74, 6) is 0. The Morgan fingerprint density at radius 3 is 1.92 bits per heavy atom. The summed E-state index contributed by atoms with van der Waals surface area (Å²) >= 11 is 0. The highest BCUT2D eigenvalue weighted by Crippen LogP contribution is 1.89. The summed E-state index contributed by atoms with van der Waals surface area (Å²) in [5.41, 5.74) is 0. The van der Waals surface area contributed by atoms with Gasteiger partial charge in [0.05, 0.1) is 0 Å². The average molecular weight is 178 g/mol. The smallest absolute Gasteiger partial charge is 0.151 e. The molecule has 0 aliphatic heterocycles. The van der Waals surface area contributed by atoms with Crippen molar-refractivity contribution in [3.05, 3.63) is 0 Å². The molecule has 0 spiro atoms. The second kappa shape index (κ2) is 13.5. The molecule has 0 aliphatic rings. The van der Waals surface area contributed by atoms with E-state index in [1.807, 2.05) is 6.92 Å². The monoisotopic (exact) mass is 178 g/mol. The van der Waals surface area contributed by atoms with Crippen LogP contribution in [0.2, 0.25) is 0 Å². The van der Waals surface area contributed by atoms with Crippen LogP contribution in [0, 0.1) is 0 Å². The maximum absolute atomic E-state index is 8.33. The van der Waals surface area contributed by atoms with Crippen LogP contribution in [-0.4, -0.2) is 29.7 Å². The van der Waals surface area contributed by atoms with Gasteiger partial charge < -0.3 is 14.9 Å². The van der Waals surface area contributed by atoms with Crippen LogP contribution in [0.1, 0.15) is 40.0 Å². The highest BCUT2D eigenvalue weighted by Gasteiger charge is 1.85. The lowest BCUT2D eigenvalue weighted by Gasteiger charge is -1.99. The van der Waals surface area contributed by atoms with Gasteiger partial charge in [-0.25, -0.2) is 0 Å². The summed E-state index contributed by atoms with van der Waals surface area (Å²) in [5, 5.41) is 16.5. The standard InChI is InChI=1S/C5H12O.C4H10O2/c1-2-3-4-5-6;1-3-6-4(2)5/h6H,2-5H2,1H3;4-5H,3H2,1-2H3. The molecule has 0 fully saturated rings. The Hall–Kier alpha value is -0.120. The first-order chi connectivity index (χ1) is 5.68. The second-order valence-electron chi connectivity index (χ2n) is 2.49. The molecule has 0 radical (unpaired) electrons. The number of hydrogen-bond acceptors (Lipinski definition) is 3. The van der Waals surface area contributed by atoms with E-state index in [1.54, 1.807) is 6.92 Å². The molecule has 0 saturated heterocycles. The topological polar surface area (TPSA) is 49.7 Å². The van der Waals surface area contributed by atoms with Gasteiger partial charge in [-0.3, -0.25) is 0 Å². The third-order valence-corrected chi connectivity index (χ3v) is 1.17. The first-order valence-corrected chi connectivity index (χ1v) is 4.59. The number of rotatable bonds is 5. The normalized spacial score (nSPS) is 11.8. The molecule has 1 unspecified atom stereocenters. The fraction of sp³-hybridized carbons (Fsp3) is 1.00. The third-order valence-electron chi connectivity index (χ3n) is 1.17. The Labute approximate surface area is 75.4 Å². The zero-order valence-electron chi connectivity index (χ0n) is 8.42. The molecule has 2 N–H and O–H groups in total. The Kier molecular flexibility index (Phi) is 16.2. The summed E-state index contributed by atoms with van der Waals surface area (Å²) in [6.45, 7) is 6.48. The van der Waals surface area contributed by atoms with Crippen LogP contribution in [-0.2, 0) is 4.74 Å². The lowest BCUT2D eigenvalue weighted by molar-refractivity contribution is -0.0800. The minimum Gasteiger partial charge on any atom is -0.396 e. The molecular formula is C9H22O3.